The Morgan fingerprint density at radius 2 is 1.80 bits per heavy atom. The van der Waals surface area contributed by atoms with Gasteiger partial charge < -0.3 is 4.90 Å². The minimum absolute atomic E-state index is 0.313. The number of benzene rings is 1. The molecule has 0 aliphatic carbocycles. The standard InChI is InChI=1S/C13H19NO/c1-11-4-6-12(7-5-11)10-13(15)8-9-14(2)3/h4-7H,8-10H2,1-3H3. The third kappa shape index (κ3) is 4.75. The molecule has 0 heterocycles. The zero-order valence-corrected chi connectivity index (χ0v) is 9.79. The van der Waals surface area contributed by atoms with Gasteiger partial charge in [-0.15, -0.1) is 0 Å². The monoisotopic (exact) mass is 205 g/mol. The first kappa shape index (κ1) is 11.9. The number of rotatable bonds is 5. The molecular formula is C13H19NO. The van der Waals surface area contributed by atoms with Crippen LogP contribution < -0.4 is 0 Å². The summed E-state index contributed by atoms with van der Waals surface area (Å²) in [6.45, 7) is 2.89. The number of Topliss-reactive ketones (excluding diaryl/α,β-unsaturated/α-hetero) is 1. The maximum absolute atomic E-state index is 11.6. The van der Waals surface area contributed by atoms with Gasteiger partial charge in [0.25, 0.3) is 0 Å². The highest BCUT2D eigenvalue weighted by atomic mass is 16.1. The Morgan fingerprint density at radius 3 is 2.33 bits per heavy atom. The molecule has 0 radical (unpaired) electrons. The van der Waals surface area contributed by atoms with Crippen LogP contribution in [-0.2, 0) is 11.2 Å². The van der Waals surface area contributed by atoms with Gasteiger partial charge >= 0.3 is 0 Å². The summed E-state index contributed by atoms with van der Waals surface area (Å²) in [4.78, 5) is 13.6. The van der Waals surface area contributed by atoms with Crippen LogP contribution in [0.5, 0.6) is 0 Å². The molecule has 0 amide bonds. The fourth-order valence-corrected chi connectivity index (χ4v) is 1.37. The van der Waals surface area contributed by atoms with Gasteiger partial charge in [0.15, 0.2) is 0 Å². The third-order valence-corrected chi connectivity index (χ3v) is 2.36. The highest BCUT2D eigenvalue weighted by Crippen LogP contribution is 2.05. The van der Waals surface area contributed by atoms with Gasteiger partial charge in [0, 0.05) is 19.4 Å². The summed E-state index contributed by atoms with van der Waals surface area (Å²) in [5.41, 5.74) is 2.35. The Kier molecular flexibility index (Phi) is 4.50. The second kappa shape index (κ2) is 5.66. The van der Waals surface area contributed by atoms with Crippen molar-refractivity contribution in [1.29, 1.82) is 0 Å². The molecule has 1 aromatic carbocycles. The predicted molar refractivity (Wildman–Crippen MR) is 63.1 cm³/mol. The fourth-order valence-electron chi connectivity index (χ4n) is 1.37. The van der Waals surface area contributed by atoms with Gasteiger partial charge in [-0.25, -0.2) is 0 Å². The quantitative estimate of drug-likeness (QED) is 0.733. The number of hydrogen-bond acceptors (Lipinski definition) is 2. The molecule has 15 heavy (non-hydrogen) atoms. The molecule has 0 saturated carbocycles. The van der Waals surface area contributed by atoms with Gasteiger partial charge in [-0.2, -0.15) is 0 Å². The largest absolute Gasteiger partial charge is 0.309 e. The third-order valence-electron chi connectivity index (χ3n) is 2.36. The van der Waals surface area contributed by atoms with Crippen LogP contribution in [0.25, 0.3) is 0 Å². The second-order valence-corrected chi connectivity index (χ2v) is 4.25. The smallest absolute Gasteiger partial charge is 0.138 e. The van der Waals surface area contributed by atoms with E-state index in [1.54, 1.807) is 0 Å². The summed E-state index contributed by atoms with van der Waals surface area (Å²) in [6, 6.07) is 8.16. The predicted octanol–water partition coefficient (Wildman–Crippen LogP) is 2.06. The number of ketones is 1. The summed E-state index contributed by atoms with van der Waals surface area (Å²) >= 11 is 0. The lowest BCUT2D eigenvalue weighted by atomic mass is 10.1. The normalized spacial score (nSPS) is 10.7. The number of carbonyl (C=O) groups excluding carboxylic acids is 1. The SMILES string of the molecule is Cc1ccc(CC(=O)CCN(C)C)cc1. The van der Waals surface area contributed by atoms with Crippen molar-refractivity contribution in [2.75, 3.05) is 20.6 Å². The molecule has 0 saturated heterocycles. The second-order valence-electron chi connectivity index (χ2n) is 4.25. The average molecular weight is 205 g/mol. The van der Waals surface area contributed by atoms with E-state index >= 15 is 0 Å². The zero-order chi connectivity index (χ0) is 11.3. The molecule has 2 nitrogen and oxygen atoms in total. The Labute approximate surface area is 91.9 Å². The lowest BCUT2D eigenvalue weighted by Gasteiger charge is -2.08. The van der Waals surface area contributed by atoms with E-state index in [9.17, 15) is 4.79 Å². The molecule has 0 atom stereocenters. The van der Waals surface area contributed by atoms with Crippen molar-refractivity contribution in [2.45, 2.75) is 19.8 Å². The number of carbonyl (C=O) groups is 1. The van der Waals surface area contributed by atoms with Crippen molar-refractivity contribution in [3.05, 3.63) is 35.4 Å². The topological polar surface area (TPSA) is 20.3 Å². The molecule has 0 aliphatic heterocycles. The minimum Gasteiger partial charge on any atom is -0.309 e. The van der Waals surface area contributed by atoms with Crippen molar-refractivity contribution in [2.24, 2.45) is 0 Å². The molecule has 0 N–H and O–H groups in total. The number of hydrogen-bond donors (Lipinski definition) is 0. The molecule has 1 rings (SSSR count). The molecular weight excluding hydrogens is 186 g/mol. The highest BCUT2D eigenvalue weighted by molar-refractivity contribution is 5.81. The number of nitrogens with zero attached hydrogens (tertiary/aromatic N) is 1. The molecule has 0 fully saturated rings. The first-order valence-electron chi connectivity index (χ1n) is 5.30. The lowest BCUT2D eigenvalue weighted by Crippen LogP contribution is -2.17. The van der Waals surface area contributed by atoms with Crippen LogP contribution in [0.15, 0.2) is 24.3 Å². The summed E-state index contributed by atoms with van der Waals surface area (Å²) in [6.07, 6.45) is 1.20. The van der Waals surface area contributed by atoms with Crippen molar-refractivity contribution in [1.82, 2.24) is 4.90 Å². The molecule has 2 heteroatoms. The van der Waals surface area contributed by atoms with Crippen LogP contribution in [0.3, 0.4) is 0 Å². The van der Waals surface area contributed by atoms with E-state index in [2.05, 4.69) is 19.1 Å². The van der Waals surface area contributed by atoms with Gasteiger partial charge in [-0.1, -0.05) is 29.8 Å². The first-order chi connectivity index (χ1) is 7.08. The zero-order valence-electron chi connectivity index (χ0n) is 9.79. The average Bonchev–Trinajstić information content (AvgIpc) is 2.19. The molecule has 0 unspecified atom stereocenters. The van der Waals surface area contributed by atoms with Crippen molar-refractivity contribution < 1.29 is 4.79 Å². The Morgan fingerprint density at radius 1 is 1.20 bits per heavy atom. The fraction of sp³-hybridized carbons (Fsp3) is 0.462. The van der Waals surface area contributed by atoms with Gasteiger partial charge in [0.05, 0.1) is 0 Å². The Balaban J connectivity index is 2.41. The molecule has 0 aliphatic rings. The van der Waals surface area contributed by atoms with E-state index in [1.165, 1.54) is 5.56 Å². The van der Waals surface area contributed by atoms with Crippen LogP contribution in [0.1, 0.15) is 17.5 Å². The molecule has 0 aromatic heterocycles. The van der Waals surface area contributed by atoms with Crippen LogP contribution in [0.2, 0.25) is 0 Å². The van der Waals surface area contributed by atoms with Crippen molar-refractivity contribution >= 4 is 5.78 Å². The van der Waals surface area contributed by atoms with E-state index < -0.39 is 0 Å². The summed E-state index contributed by atoms with van der Waals surface area (Å²) in [7, 11) is 3.97. The van der Waals surface area contributed by atoms with Gasteiger partial charge in [-0.05, 0) is 26.6 Å². The van der Waals surface area contributed by atoms with Crippen molar-refractivity contribution in [3.8, 4) is 0 Å². The first-order valence-corrected chi connectivity index (χ1v) is 5.30. The van der Waals surface area contributed by atoms with E-state index in [0.717, 1.165) is 12.1 Å². The maximum Gasteiger partial charge on any atom is 0.138 e. The van der Waals surface area contributed by atoms with E-state index in [4.69, 9.17) is 0 Å². The minimum atomic E-state index is 0.313. The summed E-state index contributed by atoms with van der Waals surface area (Å²) in [5.74, 6) is 0.313. The Bertz CT molecular complexity index is 314. The van der Waals surface area contributed by atoms with Gasteiger partial charge in [0.2, 0.25) is 0 Å². The van der Waals surface area contributed by atoms with E-state index in [0.29, 0.717) is 18.6 Å². The van der Waals surface area contributed by atoms with Crippen LogP contribution >= 0.6 is 0 Å². The highest BCUT2D eigenvalue weighted by Gasteiger charge is 2.03. The molecule has 0 bridgehead atoms. The Hall–Kier alpha value is -1.15. The number of aryl methyl sites for hydroxylation is 1. The van der Waals surface area contributed by atoms with E-state index in [1.807, 2.05) is 31.1 Å². The molecule has 0 spiro atoms. The molecule has 1 aromatic rings. The lowest BCUT2D eigenvalue weighted by molar-refractivity contribution is -0.118. The van der Waals surface area contributed by atoms with Gasteiger partial charge in [0.1, 0.15) is 5.78 Å². The van der Waals surface area contributed by atoms with Crippen molar-refractivity contribution in [3.63, 3.8) is 0 Å². The van der Waals surface area contributed by atoms with Crippen LogP contribution in [0, 0.1) is 6.92 Å². The maximum atomic E-state index is 11.6. The van der Waals surface area contributed by atoms with Crippen LogP contribution in [-0.4, -0.2) is 31.3 Å². The van der Waals surface area contributed by atoms with Gasteiger partial charge in [-0.3, -0.25) is 4.79 Å². The molecule has 82 valence electrons. The summed E-state index contributed by atoms with van der Waals surface area (Å²) < 4.78 is 0. The van der Waals surface area contributed by atoms with Crippen LogP contribution in [0.4, 0.5) is 0 Å². The summed E-state index contributed by atoms with van der Waals surface area (Å²) in [5, 5.41) is 0. The van der Waals surface area contributed by atoms with E-state index in [-0.39, 0.29) is 0 Å².